The maximum atomic E-state index is 9.46. The summed E-state index contributed by atoms with van der Waals surface area (Å²) >= 11 is 14.0. The second-order valence-electron chi connectivity index (χ2n) is 20.9. The van der Waals surface area contributed by atoms with Gasteiger partial charge < -0.3 is 26.2 Å². The number of phenolic OH excluding ortho intramolecular Hbond substituents is 1. The van der Waals surface area contributed by atoms with Gasteiger partial charge >= 0.3 is 0 Å². The lowest BCUT2D eigenvalue weighted by Gasteiger charge is -2.11. The van der Waals surface area contributed by atoms with Crippen LogP contribution in [0.5, 0.6) is 5.75 Å². The first-order valence-corrected chi connectivity index (χ1v) is 33.6. The molecule has 0 radical (unpaired) electrons. The smallest absolute Gasteiger partial charge is 0.149 e. The zero-order chi connectivity index (χ0) is 55.2. The van der Waals surface area contributed by atoms with Gasteiger partial charge in [0.05, 0.1) is 65.0 Å². The quantitative estimate of drug-likeness (QED) is 0.0633. The number of hydrogen-bond acceptors (Lipinski definition) is 21. The Bertz CT molecular complexity index is 3370. The number of nitrogens with zero attached hydrogens (tertiary/aromatic N) is 9. The van der Waals surface area contributed by atoms with Crippen LogP contribution in [0.15, 0.2) is 92.8 Å². The number of anilines is 3. The minimum Gasteiger partial charge on any atom is -0.508 e. The van der Waals surface area contributed by atoms with Crippen molar-refractivity contribution in [3.8, 4) is 5.75 Å². The molecule has 8 heterocycles. The number of hydrogen-bond donors (Lipinski definition) is 4. The molecule has 13 nitrogen and oxygen atoms in total. The van der Waals surface area contributed by atoms with Crippen molar-refractivity contribution in [2.45, 2.75) is 86.0 Å². The zero-order valence-electron chi connectivity index (χ0n) is 45.8. The topological polar surface area (TPSA) is 183 Å². The highest BCUT2D eigenvalue weighted by molar-refractivity contribution is 8.15. The van der Waals surface area contributed by atoms with Gasteiger partial charge in [-0.25, -0.2) is 19.9 Å². The van der Waals surface area contributed by atoms with Crippen LogP contribution in [0.1, 0.15) is 81.8 Å². The molecule has 0 bridgehead atoms. The fraction of sp³-hybridized carbons (Fsp3) is 0.439. The van der Waals surface area contributed by atoms with E-state index in [1.165, 1.54) is 15.1 Å². The first kappa shape index (κ1) is 58.3. The lowest BCUT2D eigenvalue weighted by Crippen LogP contribution is -2.11. The van der Waals surface area contributed by atoms with E-state index in [2.05, 4.69) is 120 Å². The molecule has 21 heteroatoms. The van der Waals surface area contributed by atoms with E-state index in [0.717, 1.165) is 119 Å². The predicted molar refractivity (Wildman–Crippen MR) is 350 cm³/mol. The molecule has 0 saturated heterocycles. The summed E-state index contributed by atoms with van der Waals surface area (Å²) in [6.45, 7) is 18.8. The zero-order valence-corrected chi connectivity index (χ0v) is 52.3. The van der Waals surface area contributed by atoms with Crippen LogP contribution in [0.2, 0.25) is 0 Å². The molecule has 4 unspecified atom stereocenters. The molecule has 4 aliphatic rings. The third-order valence-electron chi connectivity index (χ3n) is 13.2. The van der Waals surface area contributed by atoms with Crippen LogP contribution in [0.4, 0.5) is 17.1 Å². The highest BCUT2D eigenvalue weighted by atomic mass is 32.2. The summed E-state index contributed by atoms with van der Waals surface area (Å²) in [4.78, 5) is 40.0. The molecule has 4 aromatic heterocycles. The Labute approximate surface area is 491 Å². The highest BCUT2D eigenvalue weighted by Gasteiger charge is 2.28. The van der Waals surface area contributed by atoms with Crippen LogP contribution in [0.25, 0.3) is 40.9 Å². The van der Waals surface area contributed by atoms with E-state index in [9.17, 15) is 5.11 Å². The number of nitrogens with one attached hydrogen (secondary N) is 1. The van der Waals surface area contributed by atoms with Gasteiger partial charge in [-0.2, -0.15) is 0 Å². The molecule has 0 amide bonds. The number of benzene rings is 4. The standard InChI is InChI=1S/C16H21N3OS2.C15H19N3S2.C13H15N3S2.C13H14N2OS2/c1-10(2)13-9-21-15(19-13)16-18-12-5-4-11(8-14(12)22-16)17-6-3-7-20;1-9(2)12-8-19-14(17-12)15-16-11-6-5-10(18(3)4)7-13(11)20-15;1-7(2)10-6-17-12(16-10)13-15-9-4-3-8(14)5-11(9)18-13;1-7(2)10-6-17-12(15-10)13-14-9-4-3-8(16)5-11(9)18-13/h4-5,8,10,13,17,20H,3,6-7,9H2,1-2H3;5-7,9,12H,8H2,1-4H3;3-5,7,10H,6,14H2,1-2H3;3-5,7,10,16H,6H2,1-2H3. The summed E-state index contributed by atoms with van der Waals surface area (Å²) in [5.41, 5.74) is 12.9. The molecule has 8 aromatic rings. The summed E-state index contributed by atoms with van der Waals surface area (Å²) in [6, 6.07) is 25.5. The number of aliphatic imine (C=N–C) groups is 4. The number of aromatic nitrogens is 4. The van der Waals surface area contributed by atoms with Crippen LogP contribution >= 0.6 is 92.4 Å². The van der Waals surface area contributed by atoms with Gasteiger partial charge in [-0.15, -0.1) is 92.4 Å². The Balaban J connectivity index is 0.000000127. The summed E-state index contributed by atoms with van der Waals surface area (Å²) in [7, 11) is 4.13. The summed E-state index contributed by atoms with van der Waals surface area (Å²) in [5.74, 6) is 6.94. The number of nitrogens with two attached hydrogens (primary N) is 1. The van der Waals surface area contributed by atoms with Gasteiger partial charge in [-0.3, -0.25) is 20.0 Å². The number of aromatic hydroxyl groups is 1. The Hall–Kier alpha value is -4.32. The first-order chi connectivity index (χ1) is 37.5. The van der Waals surface area contributed by atoms with Gasteiger partial charge in [0, 0.05) is 67.3 Å². The number of aliphatic hydroxyl groups is 1. The molecule has 0 spiro atoms. The number of thiazole rings is 4. The van der Waals surface area contributed by atoms with E-state index in [4.69, 9.17) is 40.8 Å². The molecule has 78 heavy (non-hydrogen) atoms. The van der Waals surface area contributed by atoms with E-state index >= 15 is 0 Å². The van der Waals surface area contributed by atoms with Gasteiger partial charge in [-0.1, -0.05) is 55.4 Å². The Kier molecular flexibility index (Phi) is 19.8. The maximum Gasteiger partial charge on any atom is 0.149 e. The van der Waals surface area contributed by atoms with Gasteiger partial charge in [0.2, 0.25) is 0 Å². The van der Waals surface area contributed by atoms with E-state index in [0.29, 0.717) is 53.6 Å². The number of rotatable bonds is 13. The Morgan fingerprint density at radius 3 is 1.28 bits per heavy atom. The second-order valence-corrected chi connectivity index (χ2v) is 29.1. The summed E-state index contributed by atoms with van der Waals surface area (Å²) in [6.07, 6.45) is 0.760. The minimum atomic E-state index is 0.216. The van der Waals surface area contributed by atoms with Crippen LogP contribution in [-0.2, 0) is 0 Å². The Morgan fingerprint density at radius 1 is 0.513 bits per heavy atom. The van der Waals surface area contributed by atoms with Crippen molar-refractivity contribution in [2.75, 3.05) is 66.2 Å². The predicted octanol–water partition coefficient (Wildman–Crippen LogP) is 14.4. The molecule has 0 fully saturated rings. The molecule has 4 atom stereocenters. The number of nitrogen functional groups attached to an aromatic ring is 1. The lowest BCUT2D eigenvalue weighted by atomic mass is 10.1. The van der Waals surface area contributed by atoms with Gasteiger partial charge in [0.25, 0.3) is 0 Å². The van der Waals surface area contributed by atoms with Crippen molar-refractivity contribution in [3.63, 3.8) is 0 Å². The molecular formula is C57H69N11O2S8. The van der Waals surface area contributed by atoms with Crippen LogP contribution < -0.4 is 16.0 Å². The molecule has 0 aliphatic carbocycles. The highest BCUT2D eigenvalue weighted by Crippen LogP contribution is 2.37. The first-order valence-electron chi connectivity index (χ1n) is 26.4. The van der Waals surface area contributed by atoms with Crippen molar-refractivity contribution < 1.29 is 10.2 Å². The molecule has 5 N–H and O–H groups in total. The lowest BCUT2D eigenvalue weighted by molar-refractivity contribution is 0.292. The SMILES string of the molecule is CC(C)C1CSC(c2nc3ccc(N(C)C)cc3s2)=N1.CC(C)C1CSC(c2nc3ccc(N)cc3s2)=N1.CC(C)C1CSC(c2nc3ccc(NCCCO)cc3s2)=N1.CC(C)C1CSC(c2nc3ccc(O)cc3s2)=N1. The molecule has 4 aliphatic heterocycles. The number of phenols is 1. The maximum absolute atomic E-state index is 9.46. The van der Waals surface area contributed by atoms with Crippen molar-refractivity contribution >= 4 is 170 Å². The van der Waals surface area contributed by atoms with Crippen molar-refractivity contribution in [3.05, 3.63) is 92.8 Å². The van der Waals surface area contributed by atoms with Crippen molar-refractivity contribution in [1.29, 1.82) is 0 Å². The normalized spacial score (nSPS) is 19.1. The third kappa shape index (κ3) is 14.6. The average molecular weight is 1200 g/mol. The molecule has 412 valence electrons. The minimum absolute atomic E-state index is 0.216. The third-order valence-corrected chi connectivity index (χ3v) is 22.2. The van der Waals surface area contributed by atoms with Gasteiger partial charge in [-0.05, 0) is 103 Å². The van der Waals surface area contributed by atoms with Gasteiger partial charge in [0.15, 0.2) is 0 Å². The van der Waals surface area contributed by atoms with Crippen LogP contribution in [-0.4, -0.2) is 125 Å². The van der Waals surface area contributed by atoms with Crippen molar-refractivity contribution in [1.82, 2.24) is 19.9 Å². The van der Waals surface area contributed by atoms with E-state index in [1.807, 2.05) is 65.6 Å². The summed E-state index contributed by atoms with van der Waals surface area (Å²) in [5, 5.41) is 30.1. The Morgan fingerprint density at radius 2 is 0.885 bits per heavy atom. The largest absolute Gasteiger partial charge is 0.508 e. The fourth-order valence-electron chi connectivity index (χ4n) is 8.15. The molecular weight excluding hydrogens is 1130 g/mol. The molecule has 4 aromatic carbocycles. The number of thioether (sulfide) groups is 4. The number of fused-ring (bicyclic) bond motifs is 4. The second kappa shape index (κ2) is 26.5. The van der Waals surface area contributed by atoms with Gasteiger partial charge in [0.1, 0.15) is 46.0 Å². The average Bonchev–Trinajstić information content (AvgIpc) is 4.31. The van der Waals surface area contributed by atoms with Crippen LogP contribution in [0, 0.1) is 23.7 Å². The molecule has 0 saturated carbocycles. The fourth-order valence-corrected chi connectivity index (χ4v) is 17.6. The number of aliphatic hydroxyl groups excluding tert-OH is 1. The van der Waals surface area contributed by atoms with Crippen LogP contribution in [0.3, 0.4) is 0 Å². The van der Waals surface area contributed by atoms with E-state index in [1.54, 1.807) is 69.2 Å². The van der Waals surface area contributed by atoms with Crippen molar-refractivity contribution in [2.24, 2.45) is 43.6 Å². The van der Waals surface area contributed by atoms with E-state index in [-0.39, 0.29) is 6.61 Å². The summed E-state index contributed by atoms with van der Waals surface area (Å²) < 4.78 is 4.57. The van der Waals surface area contributed by atoms with E-state index < -0.39 is 0 Å². The molecule has 12 rings (SSSR count). The monoisotopic (exact) mass is 1200 g/mol.